The molecule has 0 aromatic rings. The molecule has 0 amide bonds. The quantitative estimate of drug-likeness (QED) is 0.141. The lowest BCUT2D eigenvalue weighted by Crippen LogP contribution is -2.29. The predicted octanol–water partition coefficient (Wildman–Crippen LogP) is 6.96. The maximum atomic E-state index is 11.2. The van der Waals surface area contributed by atoms with Crippen molar-refractivity contribution < 1.29 is 9.53 Å². The van der Waals surface area contributed by atoms with Gasteiger partial charge in [0, 0.05) is 18.7 Å². The minimum absolute atomic E-state index is 0.251. The van der Waals surface area contributed by atoms with Crippen LogP contribution in [0.5, 0.6) is 0 Å². The standard InChI is InChI=1S/C24H47NO2/c1-4-6-7-8-9-10-11-12-13-14-15-16-17-18-20-23(3)25-21-22-27-24(26)19-5-2/h5,19,23,25H,4,6-18,20-22H2,1-3H3. The van der Waals surface area contributed by atoms with Crippen LogP contribution in [0.3, 0.4) is 0 Å². The Morgan fingerprint density at radius 3 is 1.81 bits per heavy atom. The van der Waals surface area contributed by atoms with Crippen molar-refractivity contribution in [3.8, 4) is 0 Å². The fraction of sp³-hybridized carbons (Fsp3) is 0.875. The zero-order chi connectivity index (χ0) is 20.0. The second-order valence-electron chi connectivity index (χ2n) is 7.91. The molecule has 27 heavy (non-hydrogen) atoms. The molecule has 0 aromatic carbocycles. The number of nitrogens with one attached hydrogen (secondary N) is 1. The summed E-state index contributed by atoms with van der Waals surface area (Å²) in [6.45, 7) is 7.51. The Morgan fingerprint density at radius 1 is 0.852 bits per heavy atom. The third kappa shape index (κ3) is 21.3. The SMILES string of the molecule is CC=CC(=O)OCCNC(C)CCCCCCCCCCCCCCCC. The molecule has 0 spiro atoms. The van der Waals surface area contributed by atoms with Crippen LogP contribution in [0.15, 0.2) is 12.2 Å². The first kappa shape index (κ1) is 26.2. The summed E-state index contributed by atoms with van der Waals surface area (Å²) >= 11 is 0. The monoisotopic (exact) mass is 381 g/mol. The lowest BCUT2D eigenvalue weighted by molar-refractivity contribution is -0.137. The summed E-state index contributed by atoms with van der Waals surface area (Å²) in [6, 6.07) is 0.503. The third-order valence-corrected chi connectivity index (χ3v) is 5.13. The van der Waals surface area contributed by atoms with Crippen molar-refractivity contribution in [2.24, 2.45) is 0 Å². The van der Waals surface area contributed by atoms with Gasteiger partial charge in [-0.05, 0) is 20.3 Å². The fourth-order valence-electron chi connectivity index (χ4n) is 3.39. The van der Waals surface area contributed by atoms with Crippen LogP contribution in [0.4, 0.5) is 0 Å². The van der Waals surface area contributed by atoms with E-state index < -0.39 is 0 Å². The van der Waals surface area contributed by atoms with E-state index in [0.717, 1.165) is 6.54 Å². The number of carbonyl (C=O) groups is 1. The molecule has 0 aliphatic carbocycles. The Kier molecular flexibility index (Phi) is 20.8. The van der Waals surface area contributed by atoms with Gasteiger partial charge in [0.05, 0.1) is 0 Å². The summed E-state index contributed by atoms with van der Waals surface area (Å²) in [5.41, 5.74) is 0. The minimum Gasteiger partial charge on any atom is -0.461 e. The summed E-state index contributed by atoms with van der Waals surface area (Å²) in [7, 11) is 0. The number of esters is 1. The predicted molar refractivity (Wildman–Crippen MR) is 118 cm³/mol. The van der Waals surface area contributed by atoms with Crippen LogP contribution in [0.25, 0.3) is 0 Å². The van der Waals surface area contributed by atoms with Crippen LogP contribution < -0.4 is 5.32 Å². The molecule has 0 radical (unpaired) electrons. The zero-order valence-electron chi connectivity index (χ0n) is 18.6. The molecule has 0 saturated carbocycles. The highest BCUT2D eigenvalue weighted by Gasteiger charge is 2.02. The molecule has 0 aromatic heterocycles. The van der Waals surface area contributed by atoms with E-state index in [1.807, 2.05) is 6.92 Å². The number of hydrogen-bond acceptors (Lipinski definition) is 3. The first-order chi connectivity index (χ1) is 13.2. The van der Waals surface area contributed by atoms with Crippen molar-refractivity contribution in [3.63, 3.8) is 0 Å². The Labute approximate surface area is 169 Å². The van der Waals surface area contributed by atoms with Crippen molar-refractivity contribution in [1.29, 1.82) is 0 Å². The molecule has 1 N–H and O–H groups in total. The van der Waals surface area contributed by atoms with Gasteiger partial charge in [-0.25, -0.2) is 4.79 Å². The van der Waals surface area contributed by atoms with Crippen molar-refractivity contribution in [3.05, 3.63) is 12.2 Å². The number of hydrogen-bond donors (Lipinski definition) is 1. The van der Waals surface area contributed by atoms with E-state index >= 15 is 0 Å². The highest BCUT2D eigenvalue weighted by molar-refractivity contribution is 5.81. The average molecular weight is 382 g/mol. The van der Waals surface area contributed by atoms with Gasteiger partial charge in [0.1, 0.15) is 6.61 Å². The Hall–Kier alpha value is -0.830. The van der Waals surface area contributed by atoms with Crippen molar-refractivity contribution in [2.75, 3.05) is 13.2 Å². The molecule has 0 aliphatic rings. The van der Waals surface area contributed by atoms with Crippen molar-refractivity contribution in [2.45, 2.75) is 123 Å². The molecular formula is C24H47NO2. The number of carbonyl (C=O) groups excluding carboxylic acids is 1. The topological polar surface area (TPSA) is 38.3 Å². The largest absolute Gasteiger partial charge is 0.461 e. The summed E-state index contributed by atoms with van der Waals surface area (Å²) in [4.78, 5) is 11.2. The molecule has 0 aliphatic heterocycles. The smallest absolute Gasteiger partial charge is 0.330 e. The molecule has 3 nitrogen and oxygen atoms in total. The summed E-state index contributed by atoms with van der Waals surface area (Å²) < 4.78 is 5.07. The molecule has 0 fully saturated rings. The molecule has 3 heteroatoms. The van der Waals surface area contributed by atoms with E-state index in [2.05, 4.69) is 19.2 Å². The van der Waals surface area contributed by atoms with Gasteiger partial charge >= 0.3 is 5.97 Å². The molecule has 1 atom stereocenters. The second-order valence-corrected chi connectivity index (χ2v) is 7.91. The van der Waals surface area contributed by atoms with E-state index in [0.29, 0.717) is 12.6 Å². The van der Waals surface area contributed by atoms with Gasteiger partial charge in [0.2, 0.25) is 0 Å². The van der Waals surface area contributed by atoms with E-state index in [1.165, 1.54) is 102 Å². The molecule has 0 saturated heterocycles. The van der Waals surface area contributed by atoms with Crippen LogP contribution in [-0.4, -0.2) is 25.2 Å². The zero-order valence-corrected chi connectivity index (χ0v) is 18.6. The normalized spacial score (nSPS) is 12.6. The summed E-state index contributed by atoms with van der Waals surface area (Å²) in [6.07, 6.45) is 24.1. The van der Waals surface area contributed by atoms with Crippen LogP contribution in [0.1, 0.15) is 117 Å². The van der Waals surface area contributed by atoms with E-state index in [4.69, 9.17) is 4.74 Å². The van der Waals surface area contributed by atoms with Crippen LogP contribution >= 0.6 is 0 Å². The first-order valence-electron chi connectivity index (χ1n) is 11.7. The number of ether oxygens (including phenoxy) is 1. The Balaban J connectivity index is 3.20. The highest BCUT2D eigenvalue weighted by atomic mass is 16.5. The van der Waals surface area contributed by atoms with Crippen LogP contribution in [0, 0.1) is 0 Å². The van der Waals surface area contributed by atoms with Gasteiger partial charge < -0.3 is 10.1 Å². The van der Waals surface area contributed by atoms with Crippen LogP contribution in [-0.2, 0) is 9.53 Å². The van der Waals surface area contributed by atoms with Gasteiger partial charge in [0.25, 0.3) is 0 Å². The van der Waals surface area contributed by atoms with Gasteiger partial charge in [-0.2, -0.15) is 0 Å². The van der Waals surface area contributed by atoms with Gasteiger partial charge in [-0.3, -0.25) is 0 Å². The molecule has 0 bridgehead atoms. The van der Waals surface area contributed by atoms with Gasteiger partial charge in [0.15, 0.2) is 0 Å². The number of rotatable bonds is 20. The lowest BCUT2D eigenvalue weighted by Gasteiger charge is -2.13. The van der Waals surface area contributed by atoms with Crippen molar-refractivity contribution >= 4 is 5.97 Å². The molecule has 0 heterocycles. The Bertz CT molecular complexity index is 341. The van der Waals surface area contributed by atoms with Crippen LogP contribution in [0.2, 0.25) is 0 Å². The van der Waals surface area contributed by atoms with E-state index in [1.54, 1.807) is 6.08 Å². The lowest BCUT2D eigenvalue weighted by atomic mass is 10.0. The van der Waals surface area contributed by atoms with Crippen molar-refractivity contribution in [1.82, 2.24) is 5.32 Å². The van der Waals surface area contributed by atoms with E-state index in [-0.39, 0.29) is 5.97 Å². The number of unbranched alkanes of at least 4 members (excludes halogenated alkanes) is 13. The maximum Gasteiger partial charge on any atom is 0.330 e. The summed E-state index contributed by atoms with van der Waals surface area (Å²) in [5.74, 6) is -0.251. The molecular weight excluding hydrogens is 334 g/mol. The van der Waals surface area contributed by atoms with E-state index in [9.17, 15) is 4.79 Å². The average Bonchev–Trinajstić information content (AvgIpc) is 2.65. The molecule has 160 valence electrons. The Morgan fingerprint density at radius 2 is 1.33 bits per heavy atom. The first-order valence-corrected chi connectivity index (χ1v) is 11.7. The maximum absolute atomic E-state index is 11.2. The molecule has 0 rings (SSSR count). The highest BCUT2D eigenvalue weighted by Crippen LogP contribution is 2.13. The molecule has 1 unspecified atom stereocenters. The third-order valence-electron chi connectivity index (χ3n) is 5.13. The van der Waals surface area contributed by atoms with Gasteiger partial charge in [-0.1, -0.05) is 103 Å². The van der Waals surface area contributed by atoms with Gasteiger partial charge in [-0.15, -0.1) is 0 Å². The summed E-state index contributed by atoms with van der Waals surface area (Å²) in [5, 5.41) is 3.43. The fourth-order valence-corrected chi connectivity index (χ4v) is 3.39. The number of allylic oxidation sites excluding steroid dienone is 1. The second kappa shape index (κ2) is 21.5. The minimum atomic E-state index is -0.251.